The fourth-order valence-corrected chi connectivity index (χ4v) is 3.99. The Morgan fingerprint density at radius 2 is 2.08 bits per heavy atom. The summed E-state index contributed by atoms with van der Waals surface area (Å²) >= 11 is 0. The van der Waals surface area contributed by atoms with Gasteiger partial charge in [0.2, 0.25) is 5.91 Å². The van der Waals surface area contributed by atoms with E-state index in [4.69, 9.17) is 4.74 Å². The van der Waals surface area contributed by atoms with Gasteiger partial charge in [0.15, 0.2) is 0 Å². The van der Waals surface area contributed by atoms with Crippen LogP contribution >= 0.6 is 0 Å². The molecule has 1 saturated carbocycles. The van der Waals surface area contributed by atoms with Crippen molar-refractivity contribution in [3.05, 3.63) is 47.3 Å². The fourth-order valence-electron chi connectivity index (χ4n) is 3.99. The normalized spacial score (nSPS) is 18.3. The van der Waals surface area contributed by atoms with E-state index in [0.29, 0.717) is 19.1 Å². The Morgan fingerprint density at radius 1 is 1.31 bits per heavy atom. The topological polar surface area (TPSA) is 58.2 Å². The largest absolute Gasteiger partial charge is 0.493 e. The molecule has 0 bridgehead atoms. The number of fused-ring (bicyclic) bond motifs is 1. The first-order chi connectivity index (χ1) is 12.6. The monoisotopic (exact) mass is 353 g/mol. The highest BCUT2D eigenvalue weighted by molar-refractivity contribution is 5.89. The van der Waals surface area contributed by atoms with Gasteiger partial charge in [0.05, 0.1) is 18.2 Å². The van der Waals surface area contributed by atoms with Crippen LogP contribution < -0.4 is 4.74 Å². The molecule has 0 unspecified atom stereocenters. The van der Waals surface area contributed by atoms with Crippen LogP contribution in [-0.2, 0) is 23.2 Å². The molecule has 1 aromatic heterocycles. The van der Waals surface area contributed by atoms with E-state index >= 15 is 0 Å². The van der Waals surface area contributed by atoms with E-state index in [1.807, 2.05) is 23.2 Å². The highest BCUT2D eigenvalue weighted by Gasteiger charge is 2.48. The van der Waals surface area contributed by atoms with Crippen molar-refractivity contribution in [2.24, 2.45) is 5.92 Å². The Morgan fingerprint density at radius 3 is 2.73 bits per heavy atom. The lowest BCUT2D eigenvalue weighted by atomic mass is 9.63. The molecule has 1 fully saturated rings. The van der Waals surface area contributed by atoms with Crippen molar-refractivity contribution in [2.75, 3.05) is 13.2 Å². The zero-order valence-corrected chi connectivity index (χ0v) is 15.6. The number of carbonyl (C=O) groups is 1. The standard InChI is InChI=1S/C21H27N3O2/c1-15(2)14-26-18-6-4-17(5-7-18)21(9-3-10-21)20(25)24-11-8-19-16(13-24)12-22-23-19/h4-7,12,15H,3,8-11,13-14H2,1-2H3,(H,22,23). The maximum Gasteiger partial charge on any atom is 0.233 e. The van der Waals surface area contributed by atoms with Crippen molar-refractivity contribution in [2.45, 2.75) is 51.5 Å². The second kappa shape index (κ2) is 6.78. The van der Waals surface area contributed by atoms with Gasteiger partial charge in [0.25, 0.3) is 0 Å². The molecule has 4 rings (SSSR count). The van der Waals surface area contributed by atoms with Gasteiger partial charge in [-0.1, -0.05) is 32.4 Å². The molecule has 5 nitrogen and oxygen atoms in total. The summed E-state index contributed by atoms with van der Waals surface area (Å²) in [4.78, 5) is 15.4. The van der Waals surface area contributed by atoms with Crippen LogP contribution in [0, 0.1) is 5.92 Å². The predicted octanol–water partition coefficient (Wildman–Crippen LogP) is 3.45. The van der Waals surface area contributed by atoms with Crippen molar-refractivity contribution >= 4 is 5.91 Å². The number of aromatic nitrogens is 2. The van der Waals surface area contributed by atoms with Crippen LogP contribution in [0.25, 0.3) is 0 Å². The van der Waals surface area contributed by atoms with Gasteiger partial charge in [-0.2, -0.15) is 5.10 Å². The first-order valence-corrected chi connectivity index (χ1v) is 9.62. The number of nitrogens with zero attached hydrogens (tertiary/aromatic N) is 2. The van der Waals surface area contributed by atoms with E-state index in [1.165, 1.54) is 5.69 Å². The Bertz CT molecular complexity index is 775. The van der Waals surface area contributed by atoms with Crippen LogP contribution in [0.3, 0.4) is 0 Å². The molecule has 1 amide bonds. The first kappa shape index (κ1) is 17.1. The van der Waals surface area contributed by atoms with Gasteiger partial charge in [-0.3, -0.25) is 9.89 Å². The summed E-state index contributed by atoms with van der Waals surface area (Å²) in [5, 5.41) is 7.15. The number of hydrogen-bond donors (Lipinski definition) is 1. The molecular formula is C21H27N3O2. The number of carbonyl (C=O) groups excluding carboxylic acids is 1. The molecule has 1 aliphatic carbocycles. The number of benzene rings is 1. The van der Waals surface area contributed by atoms with Gasteiger partial charge in [0.1, 0.15) is 5.75 Å². The molecule has 0 atom stereocenters. The molecule has 1 N–H and O–H groups in total. The molecule has 2 heterocycles. The lowest BCUT2D eigenvalue weighted by Gasteiger charge is -2.44. The highest BCUT2D eigenvalue weighted by Crippen LogP contribution is 2.46. The van der Waals surface area contributed by atoms with Gasteiger partial charge in [0, 0.05) is 30.8 Å². The van der Waals surface area contributed by atoms with Crippen molar-refractivity contribution < 1.29 is 9.53 Å². The molecular weight excluding hydrogens is 326 g/mol. The summed E-state index contributed by atoms with van der Waals surface area (Å²) in [6, 6.07) is 8.19. The minimum absolute atomic E-state index is 0.270. The molecule has 138 valence electrons. The molecule has 1 aliphatic heterocycles. The molecule has 2 aliphatic rings. The predicted molar refractivity (Wildman–Crippen MR) is 100 cm³/mol. The van der Waals surface area contributed by atoms with Gasteiger partial charge in [-0.05, 0) is 36.5 Å². The Labute approximate surface area is 154 Å². The number of ether oxygens (including phenoxy) is 1. The zero-order chi connectivity index (χ0) is 18.1. The van der Waals surface area contributed by atoms with Crippen LogP contribution in [-0.4, -0.2) is 34.2 Å². The number of rotatable bonds is 5. The van der Waals surface area contributed by atoms with E-state index in [9.17, 15) is 4.79 Å². The highest BCUT2D eigenvalue weighted by atomic mass is 16.5. The lowest BCUT2D eigenvalue weighted by molar-refractivity contribution is -0.142. The molecule has 2 aromatic rings. The first-order valence-electron chi connectivity index (χ1n) is 9.62. The molecule has 5 heteroatoms. The number of hydrogen-bond acceptors (Lipinski definition) is 3. The number of amides is 1. The maximum absolute atomic E-state index is 13.4. The zero-order valence-electron chi connectivity index (χ0n) is 15.6. The van der Waals surface area contributed by atoms with E-state index < -0.39 is 0 Å². The minimum atomic E-state index is -0.349. The third-order valence-electron chi connectivity index (χ3n) is 5.69. The number of nitrogens with one attached hydrogen (secondary N) is 1. The van der Waals surface area contributed by atoms with Crippen LogP contribution in [0.4, 0.5) is 0 Å². The van der Waals surface area contributed by atoms with Gasteiger partial charge in [-0.25, -0.2) is 0 Å². The fraction of sp³-hybridized carbons (Fsp3) is 0.524. The van der Waals surface area contributed by atoms with Gasteiger partial charge >= 0.3 is 0 Å². The SMILES string of the molecule is CC(C)COc1ccc(C2(C(=O)N3CCc4[nH]ncc4C3)CCC2)cc1. The molecule has 1 aromatic carbocycles. The van der Waals surface area contributed by atoms with Crippen LogP contribution in [0.1, 0.15) is 49.9 Å². The second-order valence-corrected chi connectivity index (χ2v) is 8.02. The summed E-state index contributed by atoms with van der Waals surface area (Å²) in [5.74, 6) is 1.65. The van der Waals surface area contributed by atoms with Crippen LogP contribution in [0.15, 0.2) is 30.5 Å². The average Bonchev–Trinajstić information content (AvgIpc) is 3.07. The van der Waals surface area contributed by atoms with Crippen molar-refractivity contribution in [3.8, 4) is 5.75 Å². The van der Waals surface area contributed by atoms with Gasteiger partial charge < -0.3 is 9.64 Å². The summed E-state index contributed by atoms with van der Waals surface area (Å²) in [6.07, 6.45) is 5.70. The van der Waals surface area contributed by atoms with Crippen molar-refractivity contribution in [3.63, 3.8) is 0 Å². The van der Waals surface area contributed by atoms with Crippen molar-refractivity contribution in [1.29, 1.82) is 0 Å². The molecule has 0 saturated heterocycles. The third-order valence-corrected chi connectivity index (χ3v) is 5.69. The Balaban J connectivity index is 1.51. The van der Waals surface area contributed by atoms with E-state index in [-0.39, 0.29) is 11.3 Å². The average molecular weight is 353 g/mol. The van der Waals surface area contributed by atoms with Crippen LogP contribution in [0.2, 0.25) is 0 Å². The minimum Gasteiger partial charge on any atom is -0.493 e. The summed E-state index contributed by atoms with van der Waals surface area (Å²) in [6.45, 7) is 6.43. The lowest BCUT2D eigenvalue weighted by Crippen LogP contribution is -2.52. The smallest absolute Gasteiger partial charge is 0.233 e. The van der Waals surface area contributed by atoms with Crippen molar-refractivity contribution in [1.82, 2.24) is 15.1 Å². The third kappa shape index (κ3) is 3.00. The second-order valence-electron chi connectivity index (χ2n) is 8.02. The number of aromatic amines is 1. The van der Waals surface area contributed by atoms with E-state index in [2.05, 4.69) is 36.2 Å². The summed E-state index contributed by atoms with van der Waals surface area (Å²) < 4.78 is 5.79. The maximum atomic E-state index is 13.4. The summed E-state index contributed by atoms with van der Waals surface area (Å²) in [5.41, 5.74) is 3.10. The van der Waals surface area contributed by atoms with Crippen LogP contribution in [0.5, 0.6) is 5.75 Å². The van der Waals surface area contributed by atoms with E-state index in [0.717, 1.165) is 49.1 Å². The molecule has 26 heavy (non-hydrogen) atoms. The van der Waals surface area contributed by atoms with Gasteiger partial charge in [-0.15, -0.1) is 0 Å². The Hall–Kier alpha value is -2.30. The molecule has 0 radical (unpaired) electrons. The quantitative estimate of drug-likeness (QED) is 0.896. The van der Waals surface area contributed by atoms with E-state index in [1.54, 1.807) is 0 Å². The number of H-pyrrole nitrogens is 1. The molecule has 0 spiro atoms. The summed E-state index contributed by atoms with van der Waals surface area (Å²) in [7, 11) is 0. The Kier molecular flexibility index (Phi) is 4.47.